The van der Waals surface area contributed by atoms with Gasteiger partial charge in [0.15, 0.2) is 11.5 Å². The first kappa shape index (κ1) is 14.4. The summed E-state index contributed by atoms with van der Waals surface area (Å²) in [6.07, 6.45) is 2.63. The van der Waals surface area contributed by atoms with Crippen molar-refractivity contribution in [3.8, 4) is 11.5 Å². The molecule has 1 atom stereocenters. The molecule has 4 nitrogen and oxygen atoms in total. The molecule has 0 bridgehead atoms. The molecule has 1 aromatic carbocycles. The lowest BCUT2D eigenvalue weighted by Crippen LogP contribution is -2.22. The van der Waals surface area contributed by atoms with E-state index in [2.05, 4.69) is 0 Å². The van der Waals surface area contributed by atoms with Gasteiger partial charge in [-0.15, -0.1) is 0 Å². The number of carbonyl (C=O) groups is 1. The molecule has 0 spiro atoms. The Labute approximate surface area is 119 Å². The first-order valence-corrected chi connectivity index (χ1v) is 6.66. The predicted octanol–water partition coefficient (Wildman–Crippen LogP) is 3.00. The Kier molecular flexibility index (Phi) is 4.02. The van der Waals surface area contributed by atoms with Crippen molar-refractivity contribution >= 4 is 12.0 Å². The first-order valence-electron chi connectivity index (χ1n) is 6.66. The van der Waals surface area contributed by atoms with Crippen LogP contribution < -0.4 is 9.47 Å². The lowest BCUT2D eigenvalue weighted by atomic mass is 9.87. The Bertz CT molecular complexity index is 558. The van der Waals surface area contributed by atoms with Crippen LogP contribution in [0.4, 0.5) is 0 Å². The van der Waals surface area contributed by atoms with E-state index >= 15 is 0 Å². The van der Waals surface area contributed by atoms with Crippen molar-refractivity contribution in [1.82, 2.24) is 0 Å². The molecule has 20 heavy (non-hydrogen) atoms. The molecule has 1 N–H and O–H groups in total. The fourth-order valence-corrected chi connectivity index (χ4v) is 2.77. The highest BCUT2D eigenvalue weighted by Gasteiger charge is 2.29. The summed E-state index contributed by atoms with van der Waals surface area (Å²) in [7, 11) is 3.19. The maximum atomic E-state index is 11.4. The molecular formula is C16H20O4. The molecule has 0 aliphatic heterocycles. The number of rotatable bonds is 5. The molecule has 0 fully saturated rings. The monoisotopic (exact) mass is 276 g/mol. The summed E-state index contributed by atoms with van der Waals surface area (Å²) in [6, 6.07) is 3.83. The maximum absolute atomic E-state index is 11.4. The predicted molar refractivity (Wildman–Crippen MR) is 77.2 cm³/mol. The molecule has 4 heteroatoms. The van der Waals surface area contributed by atoms with Crippen molar-refractivity contribution in [2.75, 3.05) is 14.2 Å². The van der Waals surface area contributed by atoms with Crippen molar-refractivity contribution in [3.05, 3.63) is 28.8 Å². The lowest BCUT2D eigenvalue weighted by molar-refractivity contribution is -0.141. The zero-order valence-corrected chi connectivity index (χ0v) is 12.3. The Morgan fingerprint density at radius 3 is 2.30 bits per heavy atom. The van der Waals surface area contributed by atoms with E-state index in [0.717, 1.165) is 16.7 Å². The van der Waals surface area contributed by atoms with Gasteiger partial charge in [0.1, 0.15) is 0 Å². The highest BCUT2D eigenvalue weighted by molar-refractivity contribution is 5.79. The number of aliphatic carboxylic acids is 1. The summed E-state index contributed by atoms with van der Waals surface area (Å²) in [6.45, 7) is 3.87. The van der Waals surface area contributed by atoms with Crippen LogP contribution in [0.15, 0.2) is 17.7 Å². The number of fused-ring (bicyclic) bond motifs is 1. The van der Waals surface area contributed by atoms with Crippen LogP contribution in [0.25, 0.3) is 6.08 Å². The van der Waals surface area contributed by atoms with Crippen molar-refractivity contribution in [3.63, 3.8) is 0 Å². The van der Waals surface area contributed by atoms with Crippen molar-refractivity contribution in [1.29, 1.82) is 0 Å². The van der Waals surface area contributed by atoms with Crippen molar-refractivity contribution in [2.45, 2.75) is 20.3 Å². The van der Waals surface area contributed by atoms with E-state index in [1.807, 2.05) is 32.1 Å². The average Bonchev–Trinajstić information content (AvgIpc) is 2.77. The van der Waals surface area contributed by atoms with Crippen LogP contribution in [0.2, 0.25) is 0 Å². The molecule has 0 aromatic heterocycles. The number of carboxylic acid groups (broad SMARTS) is 1. The van der Waals surface area contributed by atoms with E-state index in [9.17, 15) is 9.90 Å². The minimum absolute atomic E-state index is 0.0665. The molecule has 1 aliphatic rings. The van der Waals surface area contributed by atoms with Gasteiger partial charge in [-0.1, -0.05) is 25.5 Å². The normalized spacial score (nSPS) is 14.8. The fraction of sp³-hybridized carbons (Fsp3) is 0.438. The summed E-state index contributed by atoms with van der Waals surface area (Å²) >= 11 is 0. The molecule has 0 heterocycles. The van der Waals surface area contributed by atoms with Gasteiger partial charge in [-0.2, -0.15) is 0 Å². The molecule has 0 saturated carbocycles. The van der Waals surface area contributed by atoms with Gasteiger partial charge >= 0.3 is 5.97 Å². The van der Waals surface area contributed by atoms with Gasteiger partial charge in [-0.25, -0.2) is 0 Å². The third kappa shape index (κ3) is 2.50. The number of carboxylic acids is 1. The third-order valence-electron chi connectivity index (χ3n) is 3.71. The quantitative estimate of drug-likeness (QED) is 0.898. The molecule has 1 aliphatic carbocycles. The summed E-state index contributed by atoms with van der Waals surface area (Å²) in [5.41, 5.74) is 3.05. The average molecular weight is 276 g/mol. The van der Waals surface area contributed by atoms with Crippen molar-refractivity contribution in [2.24, 2.45) is 11.8 Å². The van der Waals surface area contributed by atoms with Crippen LogP contribution >= 0.6 is 0 Å². The van der Waals surface area contributed by atoms with Crippen LogP contribution in [-0.2, 0) is 11.2 Å². The lowest BCUT2D eigenvalue weighted by Gasteiger charge is -2.17. The second-order valence-corrected chi connectivity index (χ2v) is 5.36. The first-order chi connectivity index (χ1) is 9.47. The standard InChI is InChI=1S/C16H20O4/c1-9(2)15(16(17)18)12-5-10-7-13(19-3)14(20-4)8-11(10)6-12/h5,7-9,15H,6H2,1-4H3,(H,17,18). The number of hydrogen-bond acceptors (Lipinski definition) is 3. The van der Waals surface area contributed by atoms with E-state index in [1.165, 1.54) is 0 Å². The van der Waals surface area contributed by atoms with Crippen LogP contribution in [0.1, 0.15) is 25.0 Å². The smallest absolute Gasteiger partial charge is 0.310 e. The van der Waals surface area contributed by atoms with Gasteiger partial charge in [0.25, 0.3) is 0 Å². The van der Waals surface area contributed by atoms with E-state index in [1.54, 1.807) is 14.2 Å². The second kappa shape index (κ2) is 5.57. The maximum Gasteiger partial charge on any atom is 0.310 e. The Balaban J connectivity index is 2.38. The number of ether oxygens (including phenoxy) is 2. The summed E-state index contributed by atoms with van der Waals surface area (Å²) in [4.78, 5) is 11.4. The van der Waals surface area contributed by atoms with Gasteiger partial charge in [0.2, 0.25) is 0 Å². The SMILES string of the molecule is COc1cc2c(cc1OC)CC(C(C(=O)O)C(C)C)=C2. The summed E-state index contributed by atoms with van der Waals surface area (Å²) in [5, 5.41) is 9.39. The molecule has 1 aromatic rings. The topological polar surface area (TPSA) is 55.8 Å². The number of methoxy groups -OCH3 is 2. The fourth-order valence-electron chi connectivity index (χ4n) is 2.77. The van der Waals surface area contributed by atoms with Gasteiger partial charge in [0, 0.05) is 0 Å². The highest BCUT2D eigenvalue weighted by atomic mass is 16.5. The van der Waals surface area contributed by atoms with Crippen LogP contribution in [0.5, 0.6) is 11.5 Å². The molecule has 0 amide bonds. The minimum atomic E-state index is -0.766. The molecule has 1 unspecified atom stereocenters. The zero-order chi connectivity index (χ0) is 14.9. The Morgan fingerprint density at radius 2 is 1.80 bits per heavy atom. The molecular weight excluding hydrogens is 256 g/mol. The van der Waals surface area contributed by atoms with Gasteiger partial charge in [0.05, 0.1) is 20.1 Å². The van der Waals surface area contributed by atoms with E-state index in [0.29, 0.717) is 17.9 Å². The second-order valence-electron chi connectivity index (χ2n) is 5.36. The van der Waals surface area contributed by atoms with E-state index < -0.39 is 11.9 Å². The molecule has 0 saturated heterocycles. The Hall–Kier alpha value is -1.97. The summed E-state index contributed by atoms with van der Waals surface area (Å²) in [5.74, 6) is 0.201. The van der Waals surface area contributed by atoms with Gasteiger partial charge in [-0.3, -0.25) is 4.79 Å². The van der Waals surface area contributed by atoms with E-state index in [-0.39, 0.29) is 5.92 Å². The molecule has 2 rings (SSSR count). The summed E-state index contributed by atoms with van der Waals surface area (Å²) < 4.78 is 10.6. The number of hydrogen-bond donors (Lipinski definition) is 1. The molecule has 0 radical (unpaired) electrons. The van der Waals surface area contributed by atoms with Gasteiger partial charge < -0.3 is 14.6 Å². The third-order valence-corrected chi connectivity index (χ3v) is 3.71. The van der Waals surface area contributed by atoms with E-state index in [4.69, 9.17) is 9.47 Å². The zero-order valence-electron chi connectivity index (χ0n) is 12.3. The largest absolute Gasteiger partial charge is 0.493 e. The highest BCUT2D eigenvalue weighted by Crippen LogP contribution is 2.39. The van der Waals surface area contributed by atoms with Gasteiger partial charge in [-0.05, 0) is 35.6 Å². The van der Waals surface area contributed by atoms with Crippen LogP contribution in [0.3, 0.4) is 0 Å². The Morgan fingerprint density at radius 1 is 1.20 bits per heavy atom. The minimum Gasteiger partial charge on any atom is -0.493 e. The van der Waals surface area contributed by atoms with Crippen LogP contribution in [-0.4, -0.2) is 25.3 Å². The van der Waals surface area contributed by atoms with Crippen molar-refractivity contribution < 1.29 is 19.4 Å². The molecule has 108 valence electrons. The number of benzene rings is 1. The van der Waals surface area contributed by atoms with Crippen LogP contribution in [0, 0.1) is 11.8 Å².